The summed E-state index contributed by atoms with van der Waals surface area (Å²) in [5.41, 5.74) is 5.99. The molecule has 4 heteroatoms. The highest BCUT2D eigenvalue weighted by Gasteiger charge is 2.46. The van der Waals surface area contributed by atoms with Gasteiger partial charge < -0.3 is 10.9 Å². The lowest BCUT2D eigenvalue weighted by molar-refractivity contribution is 0.201. The molecule has 0 radical (unpaired) electrons. The lowest BCUT2D eigenvalue weighted by atomic mass is 10.0. The maximum atomic E-state index is 8.71. The lowest BCUT2D eigenvalue weighted by Crippen LogP contribution is -2.35. The van der Waals surface area contributed by atoms with Crippen molar-refractivity contribution in [1.29, 1.82) is 0 Å². The molecule has 0 aromatic rings. The highest BCUT2D eigenvalue weighted by molar-refractivity contribution is 5.80. The van der Waals surface area contributed by atoms with Crippen molar-refractivity contribution < 1.29 is 5.21 Å². The van der Waals surface area contributed by atoms with Crippen LogP contribution in [0.1, 0.15) is 52.4 Å². The van der Waals surface area contributed by atoms with E-state index in [-0.39, 0.29) is 0 Å². The van der Waals surface area contributed by atoms with Crippen LogP contribution in [-0.2, 0) is 0 Å². The first-order valence-electron chi connectivity index (χ1n) is 7.25. The highest BCUT2D eigenvalue weighted by atomic mass is 16.4. The smallest absolute Gasteiger partial charge is 0.139 e. The Morgan fingerprint density at radius 2 is 2.11 bits per heavy atom. The zero-order valence-corrected chi connectivity index (χ0v) is 11.7. The molecule has 0 aliphatic heterocycles. The number of nitrogens with zero attached hydrogens (tertiary/aromatic N) is 2. The summed E-state index contributed by atoms with van der Waals surface area (Å²) in [4.78, 5) is 2.65. The Morgan fingerprint density at radius 1 is 1.44 bits per heavy atom. The van der Waals surface area contributed by atoms with E-state index in [1.54, 1.807) is 0 Å². The molecule has 104 valence electrons. The summed E-state index contributed by atoms with van der Waals surface area (Å²) in [6.07, 6.45) is 7.21. The quantitative estimate of drug-likeness (QED) is 0.302. The van der Waals surface area contributed by atoms with Crippen LogP contribution in [0.2, 0.25) is 0 Å². The molecule has 0 saturated heterocycles. The summed E-state index contributed by atoms with van der Waals surface area (Å²) in [5.74, 6) is 1.16. The first-order chi connectivity index (χ1) is 8.54. The summed E-state index contributed by atoms with van der Waals surface area (Å²) in [7, 11) is 0. The zero-order chi connectivity index (χ0) is 13.2. The Kier molecular flexibility index (Phi) is 4.15. The van der Waals surface area contributed by atoms with Gasteiger partial charge in [-0.3, -0.25) is 4.90 Å². The third-order valence-corrected chi connectivity index (χ3v) is 4.24. The molecule has 0 aromatic heterocycles. The second kappa shape index (κ2) is 5.47. The van der Waals surface area contributed by atoms with Crippen LogP contribution in [0.4, 0.5) is 0 Å². The molecule has 4 nitrogen and oxygen atoms in total. The van der Waals surface area contributed by atoms with E-state index in [4.69, 9.17) is 10.9 Å². The van der Waals surface area contributed by atoms with Gasteiger partial charge in [0.1, 0.15) is 5.84 Å². The summed E-state index contributed by atoms with van der Waals surface area (Å²) < 4.78 is 0. The minimum atomic E-state index is 0.315. The van der Waals surface area contributed by atoms with Crippen LogP contribution in [-0.4, -0.2) is 35.1 Å². The molecule has 2 rings (SSSR count). The Morgan fingerprint density at radius 3 is 2.56 bits per heavy atom. The first-order valence-corrected chi connectivity index (χ1v) is 7.25. The number of nitrogens with two attached hydrogens (primary N) is 1. The second-order valence-electron chi connectivity index (χ2n) is 6.65. The van der Waals surface area contributed by atoms with Crippen molar-refractivity contribution in [1.82, 2.24) is 4.90 Å². The Labute approximate surface area is 110 Å². The first kappa shape index (κ1) is 13.7. The van der Waals surface area contributed by atoms with E-state index in [0.717, 1.165) is 24.9 Å². The molecule has 0 amide bonds. The molecule has 2 aliphatic carbocycles. The van der Waals surface area contributed by atoms with E-state index >= 15 is 0 Å². The average Bonchev–Trinajstić information content (AvgIpc) is 3.19. The number of rotatable bonds is 8. The van der Waals surface area contributed by atoms with Crippen molar-refractivity contribution in [3.63, 3.8) is 0 Å². The molecule has 0 bridgehead atoms. The Balaban J connectivity index is 1.84. The van der Waals surface area contributed by atoms with Gasteiger partial charge in [0.15, 0.2) is 0 Å². The van der Waals surface area contributed by atoms with Gasteiger partial charge in [0.25, 0.3) is 0 Å². The fourth-order valence-corrected chi connectivity index (χ4v) is 2.67. The van der Waals surface area contributed by atoms with E-state index in [1.165, 1.54) is 38.6 Å². The lowest BCUT2D eigenvalue weighted by Gasteiger charge is -2.28. The van der Waals surface area contributed by atoms with E-state index < -0.39 is 0 Å². The predicted octanol–water partition coefficient (Wildman–Crippen LogP) is 2.41. The van der Waals surface area contributed by atoms with Gasteiger partial charge in [-0.25, -0.2) is 0 Å². The molecule has 0 aromatic carbocycles. The third-order valence-electron chi connectivity index (χ3n) is 4.24. The monoisotopic (exact) mass is 253 g/mol. The van der Waals surface area contributed by atoms with Crippen LogP contribution in [0, 0.1) is 11.3 Å². The molecule has 2 saturated carbocycles. The normalized spacial score (nSPS) is 22.8. The summed E-state index contributed by atoms with van der Waals surface area (Å²) in [6.45, 7) is 6.92. The molecule has 3 N–H and O–H groups in total. The van der Waals surface area contributed by atoms with Gasteiger partial charge in [0.2, 0.25) is 0 Å². The summed E-state index contributed by atoms with van der Waals surface area (Å²) in [5, 5.41) is 11.8. The van der Waals surface area contributed by atoms with Crippen LogP contribution in [0.25, 0.3) is 0 Å². The summed E-state index contributed by atoms with van der Waals surface area (Å²) >= 11 is 0. The standard InChI is InChI=1S/C14H27N3O/c1-11(2)5-8-17(12-3-4-12)10-14(6-7-14)9-13(15)16-18/h11-12,18H,3-10H2,1-2H3,(H2,15,16). The third kappa shape index (κ3) is 3.87. The maximum Gasteiger partial charge on any atom is 0.139 e. The number of hydrogen-bond acceptors (Lipinski definition) is 3. The molecule has 0 spiro atoms. The molecule has 18 heavy (non-hydrogen) atoms. The number of amidine groups is 1. The fourth-order valence-electron chi connectivity index (χ4n) is 2.67. The van der Waals surface area contributed by atoms with Gasteiger partial charge in [-0.2, -0.15) is 0 Å². The summed E-state index contributed by atoms with van der Waals surface area (Å²) in [6, 6.07) is 0.813. The van der Waals surface area contributed by atoms with Crippen molar-refractivity contribution in [2.24, 2.45) is 22.2 Å². The topological polar surface area (TPSA) is 61.8 Å². The van der Waals surface area contributed by atoms with E-state index in [0.29, 0.717) is 11.3 Å². The molecule has 2 aliphatic rings. The molecule has 0 heterocycles. The zero-order valence-electron chi connectivity index (χ0n) is 11.7. The van der Waals surface area contributed by atoms with Crippen molar-refractivity contribution in [2.45, 2.75) is 58.4 Å². The fraction of sp³-hybridized carbons (Fsp3) is 0.929. The van der Waals surface area contributed by atoms with Crippen LogP contribution < -0.4 is 5.73 Å². The van der Waals surface area contributed by atoms with Crippen molar-refractivity contribution in [3.05, 3.63) is 0 Å². The predicted molar refractivity (Wildman–Crippen MR) is 73.7 cm³/mol. The Bertz CT molecular complexity index is 306. The second-order valence-corrected chi connectivity index (χ2v) is 6.65. The van der Waals surface area contributed by atoms with Gasteiger partial charge in [-0.1, -0.05) is 19.0 Å². The molecular weight excluding hydrogens is 226 g/mol. The van der Waals surface area contributed by atoms with Crippen molar-refractivity contribution in [3.8, 4) is 0 Å². The van der Waals surface area contributed by atoms with Crippen LogP contribution in [0.3, 0.4) is 0 Å². The van der Waals surface area contributed by atoms with Gasteiger partial charge in [0, 0.05) is 19.0 Å². The van der Waals surface area contributed by atoms with Gasteiger partial charge in [0.05, 0.1) is 0 Å². The average molecular weight is 253 g/mol. The minimum absolute atomic E-state index is 0.315. The van der Waals surface area contributed by atoms with Crippen LogP contribution in [0.15, 0.2) is 5.16 Å². The highest BCUT2D eigenvalue weighted by Crippen LogP contribution is 2.50. The van der Waals surface area contributed by atoms with E-state index in [1.807, 2.05) is 0 Å². The van der Waals surface area contributed by atoms with Gasteiger partial charge in [-0.05, 0) is 50.0 Å². The molecule has 0 atom stereocenters. The van der Waals surface area contributed by atoms with E-state index in [9.17, 15) is 0 Å². The SMILES string of the molecule is CC(C)CCN(CC1(CC(N)=NO)CC1)C1CC1. The Hall–Kier alpha value is -0.770. The molecule has 0 unspecified atom stereocenters. The minimum Gasteiger partial charge on any atom is -0.409 e. The molecular formula is C14H27N3O. The van der Waals surface area contributed by atoms with Gasteiger partial charge in [-0.15, -0.1) is 0 Å². The van der Waals surface area contributed by atoms with Gasteiger partial charge >= 0.3 is 0 Å². The number of hydrogen-bond donors (Lipinski definition) is 2. The largest absolute Gasteiger partial charge is 0.409 e. The molecule has 2 fully saturated rings. The van der Waals surface area contributed by atoms with E-state index in [2.05, 4.69) is 23.9 Å². The maximum absolute atomic E-state index is 8.71. The number of oxime groups is 1. The van der Waals surface area contributed by atoms with Crippen molar-refractivity contribution in [2.75, 3.05) is 13.1 Å². The van der Waals surface area contributed by atoms with Crippen molar-refractivity contribution >= 4 is 5.84 Å². The van der Waals surface area contributed by atoms with Crippen LogP contribution in [0.5, 0.6) is 0 Å². The van der Waals surface area contributed by atoms with Crippen LogP contribution >= 0.6 is 0 Å².